The third-order valence-electron chi connectivity index (χ3n) is 6.04. The Hall–Kier alpha value is -3.13. The van der Waals surface area contributed by atoms with Crippen molar-refractivity contribution >= 4 is 23.7 Å². The number of fused-ring (bicyclic) bond motifs is 5. The number of benzene rings is 2. The molecule has 0 amide bonds. The van der Waals surface area contributed by atoms with Gasteiger partial charge in [-0.1, -0.05) is 71.0 Å². The highest BCUT2D eigenvalue weighted by Gasteiger charge is 2.77. The fraction of sp³-hybridized carbons (Fsp3) is 0.273. The Morgan fingerprint density at radius 1 is 0.800 bits per heavy atom. The van der Waals surface area contributed by atoms with Crippen LogP contribution in [-0.2, 0) is 28.6 Å². The highest BCUT2D eigenvalue weighted by Crippen LogP contribution is 2.76. The zero-order chi connectivity index (χ0) is 20.9. The maximum absolute atomic E-state index is 13.2. The van der Waals surface area contributed by atoms with Gasteiger partial charge < -0.3 is 9.47 Å². The normalized spacial score (nSPS) is 28.7. The van der Waals surface area contributed by atoms with Crippen LogP contribution in [0.3, 0.4) is 0 Å². The fourth-order valence-corrected chi connectivity index (χ4v) is 7.09. The van der Waals surface area contributed by atoms with Crippen molar-refractivity contribution in [3.63, 3.8) is 0 Å². The standard InChI is InChI=1S/C22H18N2O5S/c1-27-19(25)15-16(20(26)28-2)22(14-11-7-4-8-12-14)18-17(23-29-24-18)21(15,30-22)13-9-5-3-6-10-13/h3-12,15-16H,1-2H3/t15-,16-,21?,22?/m0/s1. The van der Waals surface area contributed by atoms with E-state index in [9.17, 15) is 9.59 Å². The van der Waals surface area contributed by atoms with Crippen LogP contribution in [0.4, 0.5) is 0 Å². The summed E-state index contributed by atoms with van der Waals surface area (Å²) >= 11 is 1.48. The highest BCUT2D eigenvalue weighted by molar-refractivity contribution is 8.02. The molecule has 2 unspecified atom stereocenters. The summed E-state index contributed by atoms with van der Waals surface area (Å²) in [5.74, 6) is -2.76. The lowest BCUT2D eigenvalue weighted by Crippen LogP contribution is -2.48. The fourth-order valence-electron chi connectivity index (χ4n) is 4.90. The summed E-state index contributed by atoms with van der Waals surface area (Å²) in [6, 6.07) is 19.0. The minimum Gasteiger partial charge on any atom is -0.469 e. The summed E-state index contributed by atoms with van der Waals surface area (Å²) in [4.78, 5) is 26.4. The molecule has 0 aliphatic carbocycles. The number of nitrogens with zero attached hydrogens (tertiary/aromatic N) is 2. The molecule has 3 heterocycles. The minimum absolute atomic E-state index is 0.506. The molecule has 2 aliphatic heterocycles. The van der Waals surface area contributed by atoms with E-state index in [0.717, 1.165) is 11.1 Å². The van der Waals surface area contributed by atoms with E-state index in [1.54, 1.807) is 0 Å². The molecule has 2 bridgehead atoms. The van der Waals surface area contributed by atoms with E-state index in [0.29, 0.717) is 11.4 Å². The molecule has 0 saturated carbocycles. The van der Waals surface area contributed by atoms with Gasteiger partial charge in [-0.3, -0.25) is 9.59 Å². The molecule has 5 rings (SSSR count). The molecule has 1 fully saturated rings. The molecule has 2 aliphatic rings. The predicted octanol–water partition coefficient (Wildman–Crippen LogP) is 2.90. The molecular formula is C22H18N2O5S. The minimum atomic E-state index is -1.00. The molecule has 3 aromatic rings. The van der Waals surface area contributed by atoms with Crippen molar-refractivity contribution in [2.75, 3.05) is 14.2 Å². The largest absolute Gasteiger partial charge is 0.469 e. The van der Waals surface area contributed by atoms with Gasteiger partial charge in [-0.15, -0.1) is 11.8 Å². The second-order valence-corrected chi connectivity index (χ2v) is 8.76. The van der Waals surface area contributed by atoms with Crippen LogP contribution in [0.25, 0.3) is 0 Å². The summed E-state index contributed by atoms with van der Waals surface area (Å²) < 4.78 is 13.5. The molecule has 0 N–H and O–H groups in total. The highest BCUT2D eigenvalue weighted by atomic mass is 32.2. The molecule has 30 heavy (non-hydrogen) atoms. The van der Waals surface area contributed by atoms with Crippen molar-refractivity contribution in [3.8, 4) is 0 Å². The SMILES string of the molecule is COC(=O)[C@@H]1[C@@H](C(=O)OC)C2(c3ccccc3)SC1(c1ccccc1)c1nonc12. The van der Waals surface area contributed by atoms with Crippen LogP contribution in [0, 0.1) is 11.8 Å². The first-order chi connectivity index (χ1) is 14.6. The summed E-state index contributed by atoms with van der Waals surface area (Å²) in [6.45, 7) is 0. The number of ether oxygens (including phenoxy) is 2. The maximum atomic E-state index is 13.2. The molecular weight excluding hydrogens is 404 g/mol. The van der Waals surface area contributed by atoms with Gasteiger partial charge in [-0.05, 0) is 11.1 Å². The molecule has 152 valence electrons. The van der Waals surface area contributed by atoms with Crippen molar-refractivity contribution in [2.24, 2.45) is 11.8 Å². The summed E-state index contributed by atoms with van der Waals surface area (Å²) in [5.41, 5.74) is 2.73. The van der Waals surface area contributed by atoms with Crippen LogP contribution in [0.2, 0.25) is 0 Å². The lowest BCUT2D eigenvalue weighted by molar-refractivity contribution is -0.159. The van der Waals surface area contributed by atoms with Crippen LogP contribution >= 0.6 is 11.8 Å². The lowest BCUT2D eigenvalue weighted by Gasteiger charge is -2.36. The first-order valence-electron chi connectivity index (χ1n) is 9.41. The number of thioether (sulfide) groups is 1. The first-order valence-corrected chi connectivity index (χ1v) is 10.2. The zero-order valence-electron chi connectivity index (χ0n) is 16.3. The van der Waals surface area contributed by atoms with Crippen molar-refractivity contribution in [1.82, 2.24) is 10.3 Å². The van der Waals surface area contributed by atoms with E-state index >= 15 is 0 Å². The third kappa shape index (κ3) is 2.17. The van der Waals surface area contributed by atoms with Crippen LogP contribution in [0.15, 0.2) is 65.3 Å². The molecule has 2 aromatic carbocycles. The van der Waals surface area contributed by atoms with Gasteiger partial charge in [0, 0.05) is 0 Å². The second-order valence-electron chi connectivity index (χ2n) is 7.27. The van der Waals surface area contributed by atoms with Gasteiger partial charge in [0.25, 0.3) is 0 Å². The summed E-state index contributed by atoms with van der Waals surface area (Å²) in [7, 11) is 2.65. The van der Waals surface area contributed by atoms with Crippen LogP contribution in [0.5, 0.6) is 0 Å². The Bertz CT molecular complexity index is 1030. The number of methoxy groups -OCH3 is 2. The topological polar surface area (TPSA) is 91.5 Å². The number of hydrogen-bond donors (Lipinski definition) is 0. The first kappa shape index (κ1) is 18.9. The summed E-state index contributed by atoms with van der Waals surface area (Å²) in [6.07, 6.45) is 0. The van der Waals surface area contributed by atoms with Crippen LogP contribution in [0.1, 0.15) is 22.5 Å². The number of rotatable bonds is 4. The van der Waals surface area contributed by atoms with Gasteiger partial charge in [-0.2, -0.15) is 0 Å². The van der Waals surface area contributed by atoms with Crippen LogP contribution < -0.4 is 0 Å². The van der Waals surface area contributed by atoms with Gasteiger partial charge in [0.2, 0.25) is 0 Å². The summed E-state index contributed by atoms with van der Waals surface area (Å²) in [5, 5.41) is 8.44. The van der Waals surface area contributed by atoms with E-state index in [4.69, 9.17) is 14.1 Å². The predicted molar refractivity (Wildman–Crippen MR) is 107 cm³/mol. The van der Waals surface area contributed by atoms with Gasteiger partial charge in [-0.25, -0.2) is 4.63 Å². The molecule has 1 aromatic heterocycles. The maximum Gasteiger partial charge on any atom is 0.311 e. The number of hydrogen-bond acceptors (Lipinski definition) is 8. The number of aromatic nitrogens is 2. The molecule has 8 heteroatoms. The van der Waals surface area contributed by atoms with E-state index in [1.165, 1.54) is 26.0 Å². The second kappa shape index (κ2) is 6.70. The van der Waals surface area contributed by atoms with Crippen molar-refractivity contribution in [3.05, 3.63) is 83.2 Å². The third-order valence-corrected chi connectivity index (χ3v) is 8.05. The Morgan fingerprint density at radius 3 is 1.57 bits per heavy atom. The number of carbonyl (C=O) groups excluding carboxylic acids is 2. The molecule has 4 atom stereocenters. The monoisotopic (exact) mass is 422 g/mol. The number of carbonyl (C=O) groups is 2. The van der Waals surface area contributed by atoms with Crippen LogP contribution in [-0.4, -0.2) is 36.5 Å². The quantitative estimate of drug-likeness (QED) is 0.593. The van der Waals surface area contributed by atoms with Crippen molar-refractivity contribution < 1.29 is 23.7 Å². The van der Waals surface area contributed by atoms with E-state index in [2.05, 4.69) is 10.3 Å². The molecule has 7 nitrogen and oxygen atoms in total. The van der Waals surface area contributed by atoms with Crippen molar-refractivity contribution in [2.45, 2.75) is 9.49 Å². The van der Waals surface area contributed by atoms with Gasteiger partial charge in [0.15, 0.2) is 0 Å². The smallest absolute Gasteiger partial charge is 0.311 e. The Kier molecular flexibility index (Phi) is 4.21. The lowest BCUT2D eigenvalue weighted by atomic mass is 9.63. The number of esters is 2. The van der Waals surface area contributed by atoms with E-state index in [1.807, 2.05) is 60.7 Å². The molecule has 0 radical (unpaired) electrons. The van der Waals surface area contributed by atoms with Gasteiger partial charge in [0.05, 0.1) is 26.1 Å². The zero-order valence-corrected chi connectivity index (χ0v) is 17.1. The Balaban J connectivity index is 1.89. The molecule has 1 saturated heterocycles. The Morgan fingerprint density at radius 2 is 1.20 bits per heavy atom. The molecule has 0 spiro atoms. The van der Waals surface area contributed by atoms with Gasteiger partial charge in [0.1, 0.15) is 20.9 Å². The Labute approximate surface area is 176 Å². The average Bonchev–Trinajstić information content (AvgIpc) is 3.48. The average molecular weight is 422 g/mol. The van der Waals surface area contributed by atoms with Gasteiger partial charge >= 0.3 is 11.9 Å². The van der Waals surface area contributed by atoms with E-state index < -0.39 is 33.3 Å². The van der Waals surface area contributed by atoms with Crippen molar-refractivity contribution in [1.29, 1.82) is 0 Å². The van der Waals surface area contributed by atoms with E-state index in [-0.39, 0.29) is 0 Å².